The van der Waals surface area contributed by atoms with Crippen molar-refractivity contribution in [3.63, 3.8) is 0 Å². The predicted molar refractivity (Wildman–Crippen MR) is 79.1 cm³/mol. The largest absolute Gasteiger partial charge is 0.495 e. The highest BCUT2D eigenvalue weighted by Crippen LogP contribution is 2.24. The zero-order chi connectivity index (χ0) is 16.2. The lowest BCUT2D eigenvalue weighted by Crippen LogP contribution is -2.24. The molecule has 0 unspecified atom stereocenters. The molecule has 0 fully saturated rings. The van der Waals surface area contributed by atoms with Crippen molar-refractivity contribution >= 4 is 15.9 Å². The van der Waals surface area contributed by atoms with Crippen LogP contribution in [0.25, 0.3) is 0 Å². The number of carbonyl (C=O) groups is 1. The van der Waals surface area contributed by atoms with Crippen molar-refractivity contribution < 1.29 is 22.4 Å². The van der Waals surface area contributed by atoms with Gasteiger partial charge in [0.2, 0.25) is 10.0 Å². The first-order valence-corrected chi connectivity index (χ1v) is 7.88. The number of rotatable bonds is 6. The van der Waals surface area contributed by atoms with E-state index in [0.717, 1.165) is 0 Å². The summed E-state index contributed by atoms with van der Waals surface area (Å²) in [6, 6.07) is 7.64. The molecule has 0 aliphatic carbocycles. The van der Waals surface area contributed by atoms with E-state index in [1.807, 2.05) is 0 Å². The zero-order valence-electron chi connectivity index (χ0n) is 12.1. The summed E-state index contributed by atoms with van der Waals surface area (Å²) in [6.45, 7) is 0.214. The van der Waals surface area contributed by atoms with Gasteiger partial charge in [-0.1, -0.05) is 0 Å². The average Bonchev–Trinajstić information content (AvgIpc) is 3.05. The van der Waals surface area contributed by atoms with Gasteiger partial charge >= 0.3 is 0 Å². The van der Waals surface area contributed by atoms with Crippen LogP contribution >= 0.6 is 0 Å². The molecule has 1 heterocycles. The van der Waals surface area contributed by atoms with E-state index in [2.05, 4.69) is 10.0 Å². The maximum Gasteiger partial charge on any atom is 0.251 e. The van der Waals surface area contributed by atoms with Crippen molar-refractivity contribution in [3.05, 3.63) is 47.9 Å². The van der Waals surface area contributed by atoms with E-state index in [9.17, 15) is 13.2 Å². The van der Waals surface area contributed by atoms with Crippen molar-refractivity contribution in [1.29, 1.82) is 0 Å². The third-order valence-corrected chi connectivity index (χ3v) is 4.42. The molecule has 1 aromatic heterocycles. The maximum atomic E-state index is 12.1. The first kappa shape index (κ1) is 16.1. The van der Waals surface area contributed by atoms with Gasteiger partial charge in [0.1, 0.15) is 16.4 Å². The Balaban J connectivity index is 2.24. The van der Waals surface area contributed by atoms with Gasteiger partial charge in [-0.2, -0.15) is 0 Å². The zero-order valence-corrected chi connectivity index (χ0v) is 12.9. The Kier molecular flexibility index (Phi) is 4.84. The lowest BCUT2D eigenvalue weighted by Gasteiger charge is -2.11. The Morgan fingerprint density at radius 3 is 2.68 bits per heavy atom. The lowest BCUT2D eigenvalue weighted by molar-refractivity contribution is 0.0948. The minimum Gasteiger partial charge on any atom is -0.495 e. The molecule has 0 aliphatic heterocycles. The van der Waals surface area contributed by atoms with Gasteiger partial charge in [0.05, 0.1) is 19.9 Å². The molecule has 1 aromatic carbocycles. The number of hydrogen-bond donors (Lipinski definition) is 2. The third-order valence-electron chi connectivity index (χ3n) is 2.99. The van der Waals surface area contributed by atoms with Gasteiger partial charge < -0.3 is 14.5 Å². The normalized spacial score (nSPS) is 11.2. The summed E-state index contributed by atoms with van der Waals surface area (Å²) in [6.07, 6.45) is 1.51. The Morgan fingerprint density at radius 2 is 2.09 bits per heavy atom. The number of ether oxygens (including phenoxy) is 1. The number of sulfonamides is 1. The van der Waals surface area contributed by atoms with Gasteiger partial charge in [-0.3, -0.25) is 4.79 Å². The molecule has 22 heavy (non-hydrogen) atoms. The Hall–Kier alpha value is -2.32. The minimum absolute atomic E-state index is 0.0943. The molecule has 2 rings (SSSR count). The number of nitrogens with one attached hydrogen (secondary N) is 2. The first-order chi connectivity index (χ1) is 10.5. The molecule has 0 bridgehead atoms. The summed E-state index contributed by atoms with van der Waals surface area (Å²) in [5.41, 5.74) is 0.209. The molecule has 0 saturated heterocycles. The molecular formula is C14H16N2O5S. The van der Waals surface area contributed by atoms with Crippen LogP contribution in [0.4, 0.5) is 0 Å². The van der Waals surface area contributed by atoms with Crippen molar-refractivity contribution in [2.24, 2.45) is 0 Å². The molecule has 0 atom stereocenters. The number of methoxy groups -OCH3 is 1. The number of furan rings is 1. The Bertz CT molecular complexity index is 754. The van der Waals surface area contributed by atoms with Crippen LogP contribution in [0, 0.1) is 0 Å². The van der Waals surface area contributed by atoms with Gasteiger partial charge in [0.15, 0.2) is 0 Å². The minimum atomic E-state index is -3.73. The predicted octanol–water partition coefficient (Wildman–Crippen LogP) is 1.13. The first-order valence-electron chi connectivity index (χ1n) is 6.40. The van der Waals surface area contributed by atoms with E-state index < -0.39 is 15.9 Å². The molecule has 2 aromatic rings. The second kappa shape index (κ2) is 6.63. The topological polar surface area (TPSA) is 97.6 Å². The van der Waals surface area contributed by atoms with Crippen LogP contribution in [0.5, 0.6) is 5.75 Å². The van der Waals surface area contributed by atoms with E-state index >= 15 is 0 Å². The van der Waals surface area contributed by atoms with Crippen LogP contribution in [0.3, 0.4) is 0 Å². The second-order valence-electron chi connectivity index (χ2n) is 4.34. The Morgan fingerprint density at radius 1 is 1.32 bits per heavy atom. The SMILES string of the molecule is CNS(=O)(=O)c1cc(C(=O)NCc2ccco2)ccc1OC. The Labute approximate surface area is 128 Å². The standard InChI is InChI=1S/C14H16N2O5S/c1-15-22(18,19)13-8-10(5-6-12(13)20-2)14(17)16-9-11-4-3-7-21-11/h3-8,15H,9H2,1-2H3,(H,16,17). The van der Waals surface area contributed by atoms with Gasteiger partial charge in [0.25, 0.3) is 5.91 Å². The molecule has 8 heteroatoms. The molecule has 0 aliphatic rings. The average molecular weight is 324 g/mol. The molecule has 0 spiro atoms. The summed E-state index contributed by atoms with van der Waals surface area (Å²) in [5.74, 6) is 0.355. The van der Waals surface area contributed by atoms with Crippen LogP contribution in [-0.4, -0.2) is 28.5 Å². The molecule has 7 nitrogen and oxygen atoms in total. The number of amides is 1. The van der Waals surface area contributed by atoms with Gasteiger partial charge in [-0.15, -0.1) is 0 Å². The lowest BCUT2D eigenvalue weighted by atomic mass is 10.2. The van der Waals surface area contributed by atoms with Gasteiger partial charge in [-0.25, -0.2) is 13.1 Å². The fourth-order valence-corrected chi connectivity index (χ4v) is 2.74. The highest BCUT2D eigenvalue weighted by molar-refractivity contribution is 7.89. The number of benzene rings is 1. The van der Waals surface area contributed by atoms with Crippen LogP contribution in [0.2, 0.25) is 0 Å². The van der Waals surface area contributed by atoms with Crippen molar-refractivity contribution in [3.8, 4) is 5.75 Å². The highest BCUT2D eigenvalue weighted by Gasteiger charge is 2.20. The van der Waals surface area contributed by atoms with E-state index in [0.29, 0.717) is 5.76 Å². The summed E-state index contributed by atoms with van der Waals surface area (Å²) < 4.78 is 36.3. The number of carbonyl (C=O) groups excluding carboxylic acids is 1. The second-order valence-corrected chi connectivity index (χ2v) is 6.19. The maximum absolute atomic E-state index is 12.1. The molecule has 0 radical (unpaired) electrons. The molecule has 2 N–H and O–H groups in total. The molecular weight excluding hydrogens is 308 g/mol. The smallest absolute Gasteiger partial charge is 0.251 e. The van der Waals surface area contributed by atoms with E-state index in [-0.39, 0.29) is 22.8 Å². The highest BCUT2D eigenvalue weighted by atomic mass is 32.2. The quantitative estimate of drug-likeness (QED) is 0.830. The summed E-state index contributed by atoms with van der Waals surface area (Å²) in [4.78, 5) is 12.0. The van der Waals surface area contributed by atoms with Crippen LogP contribution in [0.15, 0.2) is 45.9 Å². The van der Waals surface area contributed by atoms with E-state index in [4.69, 9.17) is 9.15 Å². The summed E-state index contributed by atoms with van der Waals surface area (Å²) in [7, 11) is -1.08. The van der Waals surface area contributed by atoms with E-state index in [1.54, 1.807) is 12.1 Å². The van der Waals surface area contributed by atoms with Crippen molar-refractivity contribution in [2.75, 3.05) is 14.2 Å². The van der Waals surface area contributed by atoms with Crippen molar-refractivity contribution in [2.45, 2.75) is 11.4 Å². The molecule has 0 saturated carbocycles. The molecule has 1 amide bonds. The van der Waals surface area contributed by atoms with Gasteiger partial charge in [-0.05, 0) is 37.4 Å². The summed E-state index contributed by atoms with van der Waals surface area (Å²) in [5, 5.41) is 2.65. The molecule has 118 valence electrons. The van der Waals surface area contributed by atoms with Crippen LogP contribution < -0.4 is 14.8 Å². The third kappa shape index (κ3) is 3.46. The van der Waals surface area contributed by atoms with Gasteiger partial charge in [0, 0.05) is 5.56 Å². The van der Waals surface area contributed by atoms with Crippen LogP contribution in [0.1, 0.15) is 16.1 Å². The fraction of sp³-hybridized carbons (Fsp3) is 0.214. The monoisotopic (exact) mass is 324 g/mol. The van der Waals surface area contributed by atoms with Crippen molar-refractivity contribution in [1.82, 2.24) is 10.0 Å². The van der Waals surface area contributed by atoms with Crippen LogP contribution in [-0.2, 0) is 16.6 Å². The summed E-state index contributed by atoms with van der Waals surface area (Å²) >= 11 is 0. The fourth-order valence-electron chi connectivity index (χ4n) is 1.82. The van der Waals surface area contributed by atoms with E-state index in [1.165, 1.54) is 38.6 Å². The number of hydrogen-bond acceptors (Lipinski definition) is 5.